The molecule has 3 nitrogen and oxygen atoms in total. The van der Waals surface area contributed by atoms with Gasteiger partial charge >= 0.3 is 48.7 Å². The molecule has 0 radical (unpaired) electrons. The summed E-state index contributed by atoms with van der Waals surface area (Å²) in [6.45, 7) is 2.01. The van der Waals surface area contributed by atoms with Gasteiger partial charge in [-0.25, -0.2) is 8.42 Å². The Morgan fingerprint density at radius 2 is 1.77 bits per heavy atom. The summed E-state index contributed by atoms with van der Waals surface area (Å²) >= 11 is 3.00. The van der Waals surface area contributed by atoms with Crippen LogP contribution in [0, 0.1) is 0 Å². The van der Waals surface area contributed by atoms with E-state index in [0.717, 1.165) is 4.89 Å². The molecular formula is C5H7F3O3PdS. The zero-order valence-corrected chi connectivity index (χ0v) is 8.82. The van der Waals surface area contributed by atoms with Crippen LogP contribution in [0.2, 0.25) is 4.89 Å². The summed E-state index contributed by atoms with van der Waals surface area (Å²) < 4.78 is 58.9. The predicted molar refractivity (Wildman–Crippen MR) is 35.4 cm³/mol. The van der Waals surface area contributed by atoms with Crippen molar-refractivity contribution in [2.45, 2.75) is 17.3 Å². The topological polar surface area (TPSA) is 57.2 Å². The van der Waals surface area contributed by atoms with Crippen molar-refractivity contribution in [3.05, 3.63) is 12.2 Å². The Kier molecular flexibility index (Phi) is 7.83. The Morgan fingerprint density at radius 1 is 1.46 bits per heavy atom. The van der Waals surface area contributed by atoms with Gasteiger partial charge in [-0.05, 0) is 0 Å². The van der Waals surface area contributed by atoms with E-state index in [1.54, 1.807) is 0 Å². The summed E-state index contributed by atoms with van der Waals surface area (Å²) in [6.07, 6.45) is 4.08. The van der Waals surface area contributed by atoms with Gasteiger partial charge < -0.3 is 4.55 Å². The minimum absolute atomic E-state index is 1.01. The van der Waals surface area contributed by atoms with Gasteiger partial charge in [0.2, 0.25) is 0 Å². The normalized spacial score (nSPS) is 12.5. The van der Waals surface area contributed by atoms with E-state index in [1.165, 1.54) is 0 Å². The first-order valence-electron chi connectivity index (χ1n) is 2.81. The first kappa shape index (κ1) is 15.6. The quantitative estimate of drug-likeness (QED) is 0.320. The summed E-state index contributed by atoms with van der Waals surface area (Å²) in [5.41, 5.74) is -5.65. The molecule has 13 heavy (non-hydrogen) atoms. The molecule has 82 valence electrons. The molecule has 0 saturated heterocycles. The maximum atomic E-state index is 10.7. The molecule has 0 saturated carbocycles. The van der Waals surface area contributed by atoms with Gasteiger partial charge in [0, 0.05) is 0 Å². The molecule has 0 aromatic rings. The van der Waals surface area contributed by atoms with Crippen molar-refractivity contribution in [1.82, 2.24) is 0 Å². The van der Waals surface area contributed by atoms with Gasteiger partial charge in [0.25, 0.3) is 0 Å². The molecule has 0 aromatic heterocycles. The van der Waals surface area contributed by atoms with Gasteiger partial charge in [-0.1, -0.05) is 0 Å². The fourth-order valence-corrected chi connectivity index (χ4v) is 0.441. The van der Waals surface area contributed by atoms with Crippen molar-refractivity contribution in [3.63, 3.8) is 0 Å². The number of halogens is 3. The van der Waals surface area contributed by atoms with E-state index in [9.17, 15) is 13.2 Å². The maximum Gasteiger partial charge on any atom is 0.485 e. The molecule has 0 spiro atoms. The van der Waals surface area contributed by atoms with Crippen LogP contribution < -0.4 is 0 Å². The van der Waals surface area contributed by atoms with Crippen LogP contribution in [0.5, 0.6) is 0 Å². The van der Waals surface area contributed by atoms with Crippen LogP contribution in [0.4, 0.5) is 13.2 Å². The average Bonchev–Trinajstić information content (AvgIpc) is 1.85. The summed E-state index contributed by atoms with van der Waals surface area (Å²) in [5.74, 6) is 0. The van der Waals surface area contributed by atoms with Gasteiger partial charge in [0.15, 0.2) is 10.1 Å². The summed E-state index contributed by atoms with van der Waals surface area (Å²) in [6, 6.07) is 0. The molecule has 0 amide bonds. The van der Waals surface area contributed by atoms with E-state index in [-0.39, 0.29) is 0 Å². The molecule has 0 bridgehead atoms. The number of alkyl halides is 3. The van der Waals surface area contributed by atoms with Crippen molar-refractivity contribution in [2.24, 2.45) is 0 Å². The number of hydrogen-bond donors (Lipinski definition) is 0. The molecule has 0 heterocycles. The second kappa shape index (κ2) is 6.54. The Hall–Kier alpha value is 0.102. The Morgan fingerprint density at radius 3 is 1.77 bits per heavy atom. The molecular weight excluding hydrogens is 304 g/mol. The summed E-state index contributed by atoms with van der Waals surface area (Å²) in [5, 5.41) is 0. The molecule has 0 aliphatic rings. The van der Waals surface area contributed by atoms with Crippen LogP contribution in [0.25, 0.3) is 0 Å². The maximum absolute atomic E-state index is 10.7. The number of hydrogen-bond acceptors (Lipinski definition) is 3. The molecule has 0 aromatic carbocycles. The standard InChI is InChI=1S/C4H7.CHF3O3S.Pd/c1-3-4-2;2-1(3,4)8(5,6)7;/h3-4H,1H2,2H3;(H,5,6,7);/q;;+1/p-1. The Labute approximate surface area is 85.2 Å². The molecule has 0 fully saturated rings. The van der Waals surface area contributed by atoms with Gasteiger partial charge in [0.05, 0.1) is 0 Å². The van der Waals surface area contributed by atoms with Crippen LogP contribution in [-0.2, 0) is 29.3 Å². The van der Waals surface area contributed by atoms with E-state index >= 15 is 0 Å². The Balaban J connectivity index is 0. The minimum atomic E-state index is -6.09. The fourth-order valence-electron chi connectivity index (χ4n) is 0.0745. The van der Waals surface area contributed by atoms with E-state index in [0.29, 0.717) is 0 Å². The Bertz CT molecular complexity index is 244. The second-order valence-electron chi connectivity index (χ2n) is 1.60. The SMILES string of the molecule is CC=C[CH2][Pd+].O=S(=O)([O-])C(F)(F)F. The first-order chi connectivity index (χ1) is 5.66. The fraction of sp³-hybridized carbons (Fsp3) is 0.600. The third-order valence-corrected chi connectivity index (χ3v) is 1.53. The first-order valence-corrected chi connectivity index (χ1v) is 5.32. The van der Waals surface area contributed by atoms with Crippen molar-refractivity contribution < 1.29 is 45.3 Å². The molecule has 0 rings (SSSR count). The van der Waals surface area contributed by atoms with Gasteiger partial charge in [-0.2, -0.15) is 13.2 Å². The third kappa shape index (κ3) is 10.0. The van der Waals surface area contributed by atoms with Crippen molar-refractivity contribution >= 4 is 10.1 Å². The van der Waals surface area contributed by atoms with Crippen molar-refractivity contribution in [1.29, 1.82) is 0 Å². The summed E-state index contributed by atoms with van der Waals surface area (Å²) in [7, 11) is -6.09. The molecule has 0 aliphatic heterocycles. The van der Waals surface area contributed by atoms with E-state index in [4.69, 9.17) is 13.0 Å². The van der Waals surface area contributed by atoms with Crippen molar-refractivity contribution in [2.75, 3.05) is 0 Å². The van der Waals surface area contributed by atoms with Crippen LogP contribution in [0.15, 0.2) is 12.2 Å². The zero-order valence-electron chi connectivity index (χ0n) is 6.44. The van der Waals surface area contributed by atoms with Gasteiger partial charge in [0.1, 0.15) is 0 Å². The molecule has 0 N–H and O–H groups in total. The molecule has 0 unspecified atom stereocenters. The van der Waals surface area contributed by atoms with E-state index in [1.807, 2.05) is 13.0 Å². The molecule has 0 atom stereocenters. The largest absolute Gasteiger partial charge is 0.741 e. The monoisotopic (exact) mass is 310 g/mol. The van der Waals surface area contributed by atoms with E-state index in [2.05, 4.69) is 25.3 Å². The predicted octanol–water partition coefficient (Wildman–Crippen LogP) is 1.58. The molecule has 0 aliphatic carbocycles. The molecule has 8 heteroatoms. The third-order valence-electron chi connectivity index (χ3n) is 0.594. The second-order valence-corrected chi connectivity index (χ2v) is 3.60. The van der Waals surface area contributed by atoms with Crippen LogP contribution >= 0.6 is 0 Å². The number of allylic oxidation sites excluding steroid dienone is 2. The smallest absolute Gasteiger partial charge is 0.485 e. The van der Waals surface area contributed by atoms with Crippen LogP contribution in [-0.4, -0.2) is 18.5 Å². The van der Waals surface area contributed by atoms with Gasteiger partial charge in [-0.3, -0.25) is 0 Å². The average molecular weight is 311 g/mol. The number of rotatable bonds is 1. The van der Waals surface area contributed by atoms with Crippen LogP contribution in [0.3, 0.4) is 0 Å². The van der Waals surface area contributed by atoms with E-state index < -0.39 is 15.6 Å². The summed E-state index contributed by atoms with van der Waals surface area (Å²) in [4.78, 5) is 1.01. The zero-order chi connectivity index (χ0) is 11.1. The van der Waals surface area contributed by atoms with Gasteiger partial charge in [-0.15, -0.1) is 0 Å². The minimum Gasteiger partial charge on any atom is -0.741 e. The van der Waals surface area contributed by atoms with Crippen molar-refractivity contribution in [3.8, 4) is 0 Å². The van der Waals surface area contributed by atoms with Crippen LogP contribution in [0.1, 0.15) is 6.92 Å².